The lowest BCUT2D eigenvalue weighted by molar-refractivity contribution is 0.533. The van der Waals surface area contributed by atoms with Gasteiger partial charge in [-0.3, -0.25) is 0 Å². The third kappa shape index (κ3) is 2.87. The molecule has 0 saturated heterocycles. The number of aromatic nitrogens is 4. The van der Waals surface area contributed by atoms with E-state index in [1.165, 1.54) is 18.7 Å². The number of aryl methyl sites for hydroxylation is 2. The molecule has 1 aliphatic heterocycles. The quantitative estimate of drug-likeness (QED) is 0.381. The molecule has 0 radical (unpaired) electrons. The van der Waals surface area contributed by atoms with Crippen molar-refractivity contribution in [3.63, 3.8) is 0 Å². The van der Waals surface area contributed by atoms with E-state index in [2.05, 4.69) is 63.8 Å². The molecule has 0 atom stereocenters. The Kier molecular flexibility index (Phi) is 4.05. The minimum Gasteiger partial charge on any atom is -0.397 e. The zero-order chi connectivity index (χ0) is 18.5. The fourth-order valence-corrected chi connectivity index (χ4v) is 4.80. The van der Waals surface area contributed by atoms with E-state index in [1.807, 2.05) is 12.1 Å². The molecule has 6 nitrogen and oxygen atoms in total. The summed E-state index contributed by atoms with van der Waals surface area (Å²) in [7, 11) is 0. The van der Waals surface area contributed by atoms with Crippen molar-refractivity contribution in [2.75, 3.05) is 11.1 Å². The van der Waals surface area contributed by atoms with Crippen LogP contribution in [0.5, 0.6) is 0 Å². The van der Waals surface area contributed by atoms with E-state index in [-0.39, 0.29) is 0 Å². The molecular formula is C19H16Br2N6. The molecule has 0 spiro atoms. The SMILES string of the molecule is Nc1c(Br)cc(Nc2ncnc3cc4nc5n(c4cc23)CCCC5)cc1Br. The normalized spacial score (nSPS) is 13.9. The number of imidazole rings is 1. The highest BCUT2D eigenvalue weighted by molar-refractivity contribution is 9.11. The molecule has 8 heteroatoms. The predicted molar refractivity (Wildman–Crippen MR) is 115 cm³/mol. The number of nitrogens with two attached hydrogens (primary N) is 1. The largest absolute Gasteiger partial charge is 0.397 e. The van der Waals surface area contributed by atoms with Crippen LogP contribution in [0, 0.1) is 0 Å². The highest BCUT2D eigenvalue weighted by atomic mass is 79.9. The van der Waals surface area contributed by atoms with Crippen LogP contribution in [0.25, 0.3) is 21.9 Å². The van der Waals surface area contributed by atoms with Crippen LogP contribution in [0.4, 0.5) is 17.2 Å². The van der Waals surface area contributed by atoms with Crippen molar-refractivity contribution in [3.8, 4) is 0 Å². The summed E-state index contributed by atoms with van der Waals surface area (Å²) in [4.78, 5) is 13.7. The number of fused-ring (bicyclic) bond motifs is 4. The number of nitrogens with zero attached hydrogens (tertiary/aromatic N) is 4. The van der Waals surface area contributed by atoms with E-state index in [9.17, 15) is 0 Å². The molecular weight excluding hydrogens is 472 g/mol. The highest BCUT2D eigenvalue weighted by Crippen LogP contribution is 2.34. The molecule has 0 fully saturated rings. The summed E-state index contributed by atoms with van der Waals surface area (Å²) in [6.45, 7) is 1.02. The fraction of sp³-hybridized carbons (Fsp3) is 0.211. The number of anilines is 3. The Hall–Kier alpha value is -2.19. The molecule has 2 aromatic heterocycles. The number of rotatable bonds is 2. The Bertz CT molecular complexity index is 1180. The lowest BCUT2D eigenvalue weighted by atomic mass is 10.1. The molecule has 2 aromatic carbocycles. The molecule has 0 unspecified atom stereocenters. The number of hydrogen-bond donors (Lipinski definition) is 2. The zero-order valence-electron chi connectivity index (χ0n) is 14.3. The van der Waals surface area contributed by atoms with Gasteiger partial charge in [0.15, 0.2) is 0 Å². The van der Waals surface area contributed by atoms with E-state index >= 15 is 0 Å². The standard InChI is InChI=1S/C19H16Br2N6/c20-12-5-10(6-13(21)18(12)22)25-19-11-7-16-15(8-14(11)23-9-24-19)26-17-3-1-2-4-27(16)17/h5-9H,1-4,22H2,(H,23,24,25). The average molecular weight is 488 g/mol. The summed E-state index contributed by atoms with van der Waals surface area (Å²) in [6, 6.07) is 8.08. The minimum atomic E-state index is 0.667. The smallest absolute Gasteiger partial charge is 0.141 e. The van der Waals surface area contributed by atoms with Crippen molar-refractivity contribution in [1.29, 1.82) is 0 Å². The van der Waals surface area contributed by atoms with Crippen LogP contribution in [-0.2, 0) is 13.0 Å². The van der Waals surface area contributed by atoms with Gasteiger partial charge in [0.05, 0.1) is 22.2 Å². The number of nitrogens with one attached hydrogen (secondary N) is 1. The van der Waals surface area contributed by atoms with Gasteiger partial charge in [0.2, 0.25) is 0 Å². The number of hydrogen-bond acceptors (Lipinski definition) is 5. The summed E-state index contributed by atoms with van der Waals surface area (Å²) in [5.74, 6) is 1.93. The van der Waals surface area contributed by atoms with Gasteiger partial charge in [0, 0.05) is 33.0 Å². The predicted octanol–water partition coefficient (Wildman–Crippen LogP) is 5.17. The lowest BCUT2D eigenvalue weighted by Gasteiger charge is -2.14. The molecule has 27 heavy (non-hydrogen) atoms. The Morgan fingerprint density at radius 2 is 1.81 bits per heavy atom. The Balaban J connectivity index is 1.66. The first-order valence-electron chi connectivity index (χ1n) is 8.75. The molecule has 0 aliphatic carbocycles. The average Bonchev–Trinajstić information content (AvgIpc) is 3.02. The molecule has 0 saturated carbocycles. The Morgan fingerprint density at radius 3 is 2.63 bits per heavy atom. The third-order valence-corrected chi connectivity index (χ3v) is 6.27. The molecule has 1 aliphatic rings. The minimum absolute atomic E-state index is 0.667. The zero-order valence-corrected chi connectivity index (χ0v) is 17.5. The van der Waals surface area contributed by atoms with E-state index in [1.54, 1.807) is 6.33 Å². The monoisotopic (exact) mass is 486 g/mol. The van der Waals surface area contributed by atoms with Crippen LogP contribution in [0.1, 0.15) is 18.7 Å². The van der Waals surface area contributed by atoms with Crippen LogP contribution in [0.2, 0.25) is 0 Å². The van der Waals surface area contributed by atoms with Crippen molar-refractivity contribution in [1.82, 2.24) is 19.5 Å². The van der Waals surface area contributed by atoms with Crippen LogP contribution >= 0.6 is 31.9 Å². The van der Waals surface area contributed by atoms with Gasteiger partial charge in [-0.2, -0.15) is 0 Å². The Morgan fingerprint density at radius 1 is 1.00 bits per heavy atom. The van der Waals surface area contributed by atoms with Crippen molar-refractivity contribution in [2.45, 2.75) is 25.8 Å². The summed E-state index contributed by atoms with van der Waals surface area (Å²) in [5, 5.41) is 4.37. The van der Waals surface area contributed by atoms with Gasteiger partial charge in [-0.05, 0) is 69.0 Å². The summed E-state index contributed by atoms with van der Waals surface area (Å²) in [6.07, 6.45) is 5.01. The maximum atomic E-state index is 5.99. The second-order valence-electron chi connectivity index (χ2n) is 6.70. The van der Waals surface area contributed by atoms with Crippen LogP contribution in [-0.4, -0.2) is 19.5 Å². The van der Waals surface area contributed by atoms with E-state index in [4.69, 9.17) is 10.7 Å². The topological polar surface area (TPSA) is 81.7 Å². The highest BCUT2D eigenvalue weighted by Gasteiger charge is 2.17. The first-order valence-corrected chi connectivity index (χ1v) is 10.3. The second kappa shape index (κ2) is 6.45. The van der Waals surface area contributed by atoms with Crippen molar-refractivity contribution in [2.24, 2.45) is 0 Å². The molecule has 4 aromatic rings. The second-order valence-corrected chi connectivity index (χ2v) is 8.40. The van der Waals surface area contributed by atoms with Gasteiger partial charge in [0.25, 0.3) is 0 Å². The van der Waals surface area contributed by atoms with Gasteiger partial charge in [-0.15, -0.1) is 0 Å². The van der Waals surface area contributed by atoms with E-state index in [0.717, 1.165) is 55.4 Å². The Labute approximate surface area is 172 Å². The number of halogens is 2. The lowest BCUT2D eigenvalue weighted by Crippen LogP contribution is -2.09. The first kappa shape index (κ1) is 16.9. The molecule has 3 heterocycles. The van der Waals surface area contributed by atoms with Crippen molar-refractivity contribution < 1.29 is 0 Å². The fourth-order valence-electron chi connectivity index (χ4n) is 3.61. The van der Waals surface area contributed by atoms with Crippen LogP contribution in [0.3, 0.4) is 0 Å². The summed E-state index contributed by atoms with van der Waals surface area (Å²) < 4.78 is 3.97. The molecule has 136 valence electrons. The van der Waals surface area contributed by atoms with E-state index in [0.29, 0.717) is 5.69 Å². The van der Waals surface area contributed by atoms with Crippen LogP contribution in [0.15, 0.2) is 39.5 Å². The molecule has 0 amide bonds. The first-order chi connectivity index (χ1) is 13.1. The van der Waals surface area contributed by atoms with Gasteiger partial charge in [-0.25, -0.2) is 15.0 Å². The summed E-state index contributed by atoms with van der Waals surface area (Å²) in [5.41, 5.74) is 10.6. The maximum absolute atomic E-state index is 5.99. The number of benzene rings is 2. The molecule has 5 rings (SSSR count). The van der Waals surface area contributed by atoms with Gasteiger partial charge >= 0.3 is 0 Å². The van der Waals surface area contributed by atoms with Crippen molar-refractivity contribution in [3.05, 3.63) is 45.4 Å². The van der Waals surface area contributed by atoms with Crippen molar-refractivity contribution >= 4 is 71.0 Å². The van der Waals surface area contributed by atoms with Gasteiger partial charge in [-0.1, -0.05) is 0 Å². The van der Waals surface area contributed by atoms with E-state index < -0.39 is 0 Å². The van der Waals surface area contributed by atoms with Gasteiger partial charge < -0.3 is 15.6 Å². The molecule has 3 N–H and O–H groups in total. The third-order valence-electron chi connectivity index (χ3n) is 4.96. The van der Waals surface area contributed by atoms with Crippen LogP contribution < -0.4 is 11.1 Å². The number of nitrogen functional groups attached to an aromatic ring is 1. The van der Waals surface area contributed by atoms with Gasteiger partial charge in [0.1, 0.15) is 18.0 Å². The summed E-state index contributed by atoms with van der Waals surface area (Å²) >= 11 is 6.98. The molecule has 0 bridgehead atoms. The maximum Gasteiger partial charge on any atom is 0.141 e.